The van der Waals surface area contributed by atoms with Crippen LogP contribution in [-0.2, 0) is 12.7 Å². The van der Waals surface area contributed by atoms with Crippen molar-refractivity contribution in [3.05, 3.63) is 59.8 Å². The van der Waals surface area contributed by atoms with Crippen LogP contribution < -0.4 is 10.6 Å². The van der Waals surface area contributed by atoms with Crippen molar-refractivity contribution in [2.24, 2.45) is 5.73 Å². The highest BCUT2D eigenvalue weighted by atomic mass is 19.4. The monoisotopic (exact) mass is 295 g/mol. The number of hydrogen-bond donors (Lipinski definition) is 1. The van der Waals surface area contributed by atoms with E-state index in [1.165, 1.54) is 6.07 Å². The number of halogens is 3. The minimum atomic E-state index is -4.37. The highest BCUT2D eigenvalue weighted by Gasteiger charge is 2.30. The van der Waals surface area contributed by atoms with Gasteiger partial charge >= 0.3 is 6.18 Å². The molecule has 2 N–H and O–H groups in total. The van der Waals surface area contributed by atoms with Gasteiger partial charge in [-0.05, 0) is 17.7 Å². The van der Waals surface area contributed by atoms with Crippen LogP contribution in [0.4, 0.5) is 19.0 Å². The Morgan fingerprint density at radius 2 is 1.76 bits per heavy atom. The molecule has 0 atom stereocenters. The Morgan fingerprint density at radius 3 is 2.29 bits per heavy atom. The number of alkyl halides is 3. The molecule has 0 aliphatic heterocycles. The Kier molecular flexibility index (Phi) is 4.80. The van der Waals surface area contributed by atoms with Gasteiger partial charge in [-0.25, -0.2) is 4.98 Å². The lowest BCUT2D eigenvalue weighted by Crippen LogP contribution is -2.29. The maximum absolute atomic E-state index is 12.5. The molecule has 1 aromatic carbocycles. The van der Waals surface area contributed by atoms with E-state index in [0.29, 0.717) is 25.5 Å². The van der Waals surface area contributed by atoms with Crippen molar-refractivity contribution in [1.82, 2.24) is 4.98 Å². The van der Waals surface area contributed by atoms with Crippen LogP contribution in [0.15, 0.2) is 48.7 Å². The molecule has 1 heterocycles. The summed E-state index contributed by atoms with van der Waals surface area (Å²) < 4.78 is 37.6. The maximum atomic E-state index is 12.5. The molecule has 0 saturated carbocycles. The molecule has 2 rings (SSSR count). The van der Waals surface area contributed by atoms with E-state index in [-0.39, 0.29) is 0 Å². The summed E-state index contributed by atoms with van der Waals surface area (Å²) in [7, 11) is 0. The first-order valence-corrected chi connectivity index (χ1v) is 6.53. The normalized spacial score (nSPS) is 11.4. The van der Waals surface area contributed by atoms with Crippen LogP contribution in [0.3, 0.4) is 0 Å². The van der Waals surface area contributed by atoms with E-state index in [4.69, 9.17) is 5.73 Å². The second-order valence-corrected chi connectivity index (χ2v) is 4.60. The summed E-state index contributed by atoms with van der Waals surface area (Å²) in [6.07, 6.45) is -3.52. The van der Waals surface area contributed by atoms with Gasteiger partial charge in [0.2, 0.25) is 0 Å². The molecule has 0 amide bonds. The van der Waals surface area contributed by atoms with E-state index in [1.807, 2.05) is 35.2 Å². The molecule has 0 spiro atoms. The Hall–Kier alpha value is -2.08. The fraction of sp³-hybridized carbons (Fsp3) is 0.267. The zero-order chi connectivity index (χ0) is 15.3. The molecule has 112 valence electrons. The number of nitrogens with zero attached hydrogens (tertiary/aromatic N) is 2. The molecule has 3 nitrogen and oxygen atoms in total. The molecule has 0 radical (unpaired) electrons. The summed E-state index contributed by atoms with van der Waals surface area (Å²) in [6.45, 7) is 1.47. The third kappa shape index (κ3) is 4.19. The lowest BCUT2D eigenvalue weighted by atomic mass is 10.2. The molecule has 0 unspecified atom stereocenters. The smallest absolute Gasteiger partial charge is 0.351 e. The van der Waals surface area contributed by atoms with Crippen molar-refractivity contribution in [1.29, 1.82) is 0 Å². The third-order valence-electron chi connectivity index (χ3n) is 3.01. The van der Waals surface area contributed by atoms with Crippen LogP contribution in [0.5, 0.6) is 0 Å². The highest BCUT2D eigenvalue weighted by Crippen LogP contribution is 2.29. The Labute approximate surface area is 121 Å². The number of anilines is 1. The van der Waals surface area contributed by atoms with Crippen LogP contribution >= 0.6 is 0 Å². The minimum absolute atomic E-state index is 0.398. The number of nitrogens with two attached hydrogens (primary N) is 1. The van der Waals surface area contributed by atoms with Crippen LogP contribution in [0.2, 0.25) is 0 Å². The van der Waals surface area contributed by atoms with Gasteiger partial charge in [0.1, 0.15) is 5.82 Å². The Balaban J connectivity index is 2.18. The SMILES string of the molecule is NCCN(Cc1ccccc1)c1ccc(C(F)(F)F)cn1. The number of hydrogen-bond acceptors (Lipinski definition) is 3. The molecule has 1 aromatic heterocycles. The molecular formula is C15H16F3N3. The minimum Gasteiger partial charge on any atom is -0.351 e. The number of pyridine rings is 1. The van der Waals surface area contributed by atoms with Crippen molar-refractivity contribution >= 4 is 5.82 Å². The van der Waals surface area contributed by atoms with Gasteiger partial charge in [-0.15, -0.1) is 0 Å². The van der Waals surface area contributed by atoms with Gasteiger partial charge in [0, 0.05) is 25.8 Å². The molecule has 0 saturated heterocycles. The van der Waals surface area contributed by atoms with Gasteiger partial charge in [0.05, 0.1) is 5.56 Å². The van der Waals surface area contributed by atoms with E-state index in [9.17, 15) is 13.2 Å². The molecule has 2 aromatic rings. The number of aromatic nitrogens is 1. The van der Waals surface area contributed by atoms with Crippen molar-refractivity contribution in [2.45, 2.75) is 12.7 Å². The third-order valence-corrected chi connectivity index (χ3v) is 3.01. The van der Waals surface area contributed by atoms with E-state index >= 15 is 0 Å². The molecule has 6 heteroatoms. The summed E-state index contributed by atoms with van der Waals surface area (Å²) in [5.41, 5.74) is 5.87. The fourth-order valence-electron chi connectivity index (χ4n) is 1.98. The van der Waals surface area contributed by atoms with Gasteiger partial charge in [0.15, 0.2) is 0 Å². The number of benzene rings is 1. The molecule has 0 bridgehead atoms. The Bertz CT molecular complexity index is 553. The summed E-state index contributed by atoms with van der Waals surface area (Å²) in [5.74, 6) is 0.484. The summed E-state index contributed by atoms with van der Waals surface area (Å²) in [5, 5.41) is 0. The topological polar surface area (TPSA) is 42.1 Å². The van der Waals surface area contributed by atoms with Crippen LogP contribution in [-0.4, -0.2) is 18.1 Å². The fourth-order valence-corrected chi connectivity index (χ4v) is 1.98. The lowest BCUT2D eigenvalue weighted by Gasteiger charge is -2.23. The molecular weight excluding hydrogens is 279 g/mol. The second kappa shape index (κ2) is 6.58. The maximum Gasteiger partial charge on any atom is 0.417 e. The van der Waals surface area contributed by atoms with Crippen molar-refractivity contribution < 1.29 is 13.2 Å². The van der Waals surface area contributed by atoms with Gasteiger partial charge in [-0.1, -0.05) is 30.3 Å². The number of rotatable bonds is 5. The molecule has 0 aliphatic carbocycles. The van der Waals surface area contributed by atoms with E-state index in [0.717, 1.165) is 17.8 Å². The first-order valence-electron chi connectivity index (χ1n) is 6.53. The van der Waals surface area contributed by atoms with Gasteiger partial charge in [0.25, 0.3) is 0 Å². The highest BCUT2D eigenvalue weighted by molar-refractivity contribution is 5.41. The quantitative estimate of drug-likeness (QED) is 0.922. The summed E-state index contributed by atoms with van der Waals surface area (Å²) in [6, 6.07) is 12.1. The van der Waals surface area contributed by atoms with Gasteiger partial charge in [-0.2, -0.15) is 13.2 Å². The molecule has 21 heavy (non-hydrogen) atoms. The van der Waals surface area contributed by atoms with Gasteiger partial charge in [-0.3, -0.25) is 0 Å². The average Bonchev–Trinajstić information content (AvgIpc) is 2.47. The van der Waals surface area contributed by atoms with Crippen LogP contribution in [0, 0.1) is 0 Å². The molecule has 0 aliphatic rings. The lowest BCUT2D eigenvalue weighted by molar-refractivity contribution is -0.137. The van der Waals surface area contributed by atoms with Crippen molar-refractivity contribution in [3.63, 3.8) is 0 Å². The van der Waals surface area contributed by atoms with Crippen LogP contribution in [0.25, 0.3) is 0 Å². The summed E-state index contributed by atoms with van der Waals surface area (Å²) in [4.78, 5) is 5.77. The first kappa shape index (κ1) is 15.3. The second-order valence-electron chi connectivity index (χ2n) is 4.60. The molecule has 0 fully saturated rings. The van der Waals surface area contributed by atoms with E-state index in [1.54, 1.807) is 0 Å². The zero-order valence-electron chi connectivity index (χ0n) is 11.3. The largest absolute Gasteiger partial charge is 0.417 e. The van der Waals surface area contributed by atoms with Crippen molar-refractivity contribution in [2.75, 3.05) is 18.0 Å². The predicted octanol–water partition coefficient (Wildman–Crippen LogP) is 3.07. The Morgan fingerprint density at radius 1 is 1.05 bits per heavy atom. The average molecular weight is 295 g/mol. The van der Waals surface area contributed by atoms with Gasteiger partial charge < -0.3 is 10.6 Å². The first-order chi connectivity index (χ1) is 10.0. The predicted molar refractivity (Wildman–Crippen MR) is 75.8 cm³/mol. The van der Waals surface area contributed by atoms with Crippen LogP contribution in [0.1, 0.15) is 11.1 Å². The van der Waals surface area contributed by atoms with Crippen molar-refractivity contribution in [3.8, 4) is 0 Å². The zero-order valence-corrected chi connectivity index (χ0v) is 11.3. The van der Waals surface area contributed by atoms with E-state index in [2.05, 4.69) is 4.98 Å². The van der Waals surface area contributed by atoms with E-state index < -0.39 is 11.7 Å². The standard InChI is InChI=1S/C15H16F3N3/c16-15(17,18)13-6-7-14(20-10-13)21(9-8-19)11-12-4-2-1-3-5-12/h1-7,10H,8-9,11,19H2. The summed E-state index contributed by atoms with van der Waals surface area (Å²) >= 11 is 0.